The van der Waals surface area contributed by atoms with Crippen LogP contribution in [0.15, 0.2) is 12.1 Å². The van der Waals surface area contributed by atoms with Crippen molar-refractivity contribution in [2.24, 2.45) is 71.0 Å². The number of benzene rings is 1. The SMILES string of the molecule is CC(C)CCC[C@@H](C)CCC[C@@H](C)CCCC(C)CCOc1cc(CNC(=O)CC[C]=O)cc(OCCC(C)CCC[C@H](C)CCC[C@H](C)CCCC(C)C)c1OCCC(C)CCC[C@H](C)CCC[C@H](C)CCCC(C)C. The van der Waals surface area contributed by atoms with Gasteiger partial charge in [0.2, 0.25) is 11.7 Å². The average molecular weight is 1080 g/mol. The van der Waals surface area contributed by atoms with E-state index >= 15 is 0 Å². The molecule has 1 aromatic carbocycles. The second kappa shape index (κ2) is 46.4. The molecule has 9 atom stereocenters. The Labute approximate surface area is 480 Å². The van der Waals surface area contributed by atoms with Gasteiger partial charge in [-0.1, -0.05) is 277 Å². The summed E-state index contributed by atoms with van der Waals surface area (Å²) in [4.78, 5) is 23.6. The average Bonchev–Trinajstić information content (AvgIpc) is 3.35. The van der Waals surface area contributed by atoms with Crippen molar-refractivity contribution in [3.05, 3.63) is 17.7 Å². The summed E-state index contributed by atoms with van der Waals surface area (Å²) in [6, 6.07) is 4.08. The summed E-state index contributed by atoms with van der Waals surface area (Å²) in [5.41, 5.74) is 0.910. The highest BCUT2D eigenvalue weighted by molar-refractivity contribution is 5.78. The minimum Gasteiger partial charge on any atom is -0.490 e. The molecule has 1 N–H and O–H groups in total. The van der Waals surface area contributed by atoms with Gasteiger partial charge in [-0.15, -0.1) is 0 Å². The molecule has 0 aliphatic heterocycles. The van der Waals surface area contributed by atoms with Crippen molar-refractivity contribution in [1.82, 2.24) is 5.32 Å². The van der Waals surface area contributed by atoms with Crippen molar-refractivity contribution in [3.8, 4) is 17.2 Å². The zero-order chi connectivity index (χ0) is 57.2. The Kier molecular flexibility index (Phi) is 43.8. The maximum absolute atomic E-state index is 12.7. The van der Waals surface area contributed by atoms with Crippen LogP contribution in [0.4, 0.5) is 0 Å². The number of ether oxygens (including phenoxy) is 3. The normalized spacial score (nSPS) is 15.5. The van der Waals surface area contributed by atoms with Gasteiger partial charge in [0.05, 0.1) is 19.8 Å². The molecule has 6 heteroatoms. The van der Waals surface area contributed by atoms with Gasteiger partial charge in [0.25, 0.3) is 0 Å². The lowest BCUT2D eigenvalue weighted by Gasteiger charge is -2.21. The van der Waals surface area contributed by atoms with E-state index in [1.807, 2.05) is 18.4 Å². The Balaban J connectivity index is 3.00. The molecule has 1 radical (unpaired) electrons. The molecule has 0 saturated carbocycles. The monoisotopic (exact) mass is 1080 g/mol. The number of hydrogen-bond donors (Lipinski definition) is 1. The van der Waals surface area contributed by atoms with Crippen molar-refractivity contribution in [2.45, 2.75) is 316 Å². The summed E-state index contributed by atoms with van der Waals surface area (Å²) in [5, 5.41) is 3.02. The van der Waals surface area contributed by atoms with E-state index in [4.69, 9.17) is 14.2 Å². The highest BCUT2D eigenvalue weighted by Gasteiger charge is 2.19. The molecule has 451 valence electrons. The fraction of sp³-hybridized carbons (Fsp3) is 0.887. The quantitative estimate of drug-likeness (QED) is 0.0704. The molecule has 3 unspecified atom stereocenters. The number of nitrogens with one attached hydrogen (secondary N) is 1. The minimum atomic E-state index is -0.159. The molecule has 0 aliphatic rings. The minimum absolute atomic E-state index is 0.0982. The molecule has 0 spiro atoms. The van der Waals surface area contributed by atoms with Gasteiger partial charge >= 0.3 is 0 Å². The van der Waals surface area contributed by atoms with Crippen LogP contribution in [0.5, 0.6) is 17.2 Å². The van der Waals surface area contributed by atoms with Crippen LogP contribution in [0.25, 0.3) is 0 Å². The molecule has 1 rings (SSSR count). The van der Waals surface area contributed by atoms with E-state index in [1.165, 1.54) is 173 Å². The van der Waals surface area contributed by atoms with E-state index in [0.717, 1.165) is 78.1 Å². The Morgan fingerprint density at radius 2 is 0.623 bits per heavy atom. The summed E-state index contributed by atoms with van der Waals surface area (Å²) in [6.45, 7) is 38.0. The van der Waals surface area contributed by atoms with Crippen LogP contribution in [0.3, 0.4) is 0 Å². The number of amides is 1. The van der Waals surface area contributed by atoms with E-state index in [0.29, 0.717) is 61.4 Å². The summed E-state index contributed by atoms with van der Waals surface area (Å²) in [6.07, 6.45) is 40.9. The third kappa shape index (κ3) is 42.3. The lowest BCUT2D eigenvalue weighted by molar-refractivity contribution is -0.121. The molecular formula is C71H132NO5. The summed E-state index contributed by atoms with van der Waals surface area (Å²) < 4.78 is 20.2. The fourth-order valence-corrected chi connectivity index (χ4v) is 11.5. The van der Waals surface area contributed by atoms with Gasteiger partial charge in [0.15, 0.2) is 17.8 Å². The highest BCUT2D eigenvalue weighted by atomic mass is 16.5. The Morgan fingerprint density at radius 1 is 0.377 bits per heavy atom. The van der Waals surface area contributed by atoms with Crippen molar-refractivity contribution >= 4 is 12.2 Å². The van der Waals surface area contributed by atoms with Crippen LogP contribution >= 0.6 is 0 Å². The lowest BCUT2D eigenvalue weighted by Crippen LogP contribution is -2.22. The Morgan fingerprint density at radius 3 is 0.883 bits per heavy atom. The maximum Gasteiger partial charge on any atom is 0.220 e. The van der Waals surface area contributed by atoms with Crippen molar-refractivity contribution < 1.29 is 23.8 Å². The first-order chi connectivity index (χ1) is 36.8. The molecule has 0 saturated heterocycles. The van der Waals surface area contributed by atoms with Gasteiger partial charge < -0.3 is 19.5 Å². The zero-order valence-electron chi connectivity index (χ0n) is 54.1. The summed E-state index contributed by atoms with van der Waals surface area (Å²) >= 11 is 0. The Hall–Kier alpha value is -2.24. The third-order valence-corrected chi connectivity index (χ3v) is 17.4. The van der Waals surface area contributed by atoms with Crippen LogP contribution in [0.1, 0.15) is 315 Å². The summed E-state index contributed by atoms with van der Waals surface area (Å²) in [7, 11) is 0. The molecule has 1 aromatic rings. The van der Waals surface area contributed by atoms with E-state index in [9.17, 15) is 9.59 Å². The van der Waals surface area contributed by atoms with Gasteiger partial charge in [-0.2, -0.15) is 0 Å². The van der Waals surface area contributed by atoms with Gasteiger partial charge in [-0.05, 0) is 108 Å². The van der Waals surface area contributed by atoms with Crippen molar-refractivity contribution in [3.63, 3.8) is 0 Å². The van der Waals surface area contributed by atoms with Crippen LogP contribution < -0.4 is 19.5 Å². The first kappa shape index (κ1) is 72.8. The van der Waals surface area contributed by atoms with Gasteiger partial charge in [-0.25, -0.2) is 0 Å². The van der Waals surface area contributed by atoms with E-state index in [-0.39, 0.29) is 18.7 Å². The van der Waals surface area contributed by atoms with Crippen molar-refractivity contribution in [1.29, 1.82) is 0 Å². The predicted molar refractivity (Wildman–Crippen MR) is 335 cm³/mol. The molecule has 0 aliphatic carbocycles. The van der Waals surface area contributed by atoms with Crippen LogP contribution in [0, 0.1) is 71.0 Å². The van der Waals surface area contributed by atoms with E-state index < -0.39 is 0 Å². The number of rotatable bonds is 53. The smallest absolute Gasteiger partial charge is 0.220 e. The third-order valence-electron chi connectivity index (χ3n) is 17.4. The van der Waals surface area contributed by atoms with Crippen LogP contribution in [-0.4, -0.2) is 32.0 Å². The van der Waals surface area contributed by atoms with E-state index in [2.05, 4.69) is 109 Å². The first-order valence-electron chi connectivity index (χ1n) is 33.4. The zero-order valence-corrected chi connectivity index (χ0v) is 54.1. The summed E-state index contributed by atoms with van der Waals surface area (Å²) in [5.74, 6) is 11.0. The lowest BCUT2D eigenvalue weighted by atomic mass is 9.91. The second-order valence-corrected chi connectivity index (χ2v) is 27.8. The van der Waals surface area contributed by atoms with Crippen LogP contribution in [-0.2, 0) is 16.1 Å². The standard InChI is InChI=1S/C71H132NO5/c1-55(2)26-16-29-58(7)32-19-35-61(10)38-22-41-64(13)45-49-75-68-52-67(54-72-70(74)44-25-48-73)53-69(76-50-46-65(14)42-23-39-62(11)36-20-33-59(8)30-17-27-56(3)4)71(68)77-51-47-66(15)43-24-40-63(12)37-21-34-60(9)31-18-28-57(5)6/h52-53,55-66H,16-47,49-51,54H2,1-15H3,(H,72,74)/t58-,59-,60-,61-,62-,63-,64?,65?,66?/m1/s1. The number of carbonyl (C=O) groups is 1. The second-order valence-electron chi connectivity index (χ2n) is 27.8. The maximum atomic E-state index is 12.7. The number of hydrogen-bond acceptors (Lipinski definition) is 5. The molecule has 0 aromatic heterocycles. The molecule has 1 amide bonds. The van der Waals surface area contributed by atoms with Crippen LogP contribution in [0.2, 0.25) is 0 Å². The fourth-order valence-electron chi connectivity index (χ4n) is 11.5. The largest absolute Gasteiger partial charge is 0.490 e. The van der Waals surface area contributed by atoms with E-state index in [1.54, 1.807) is 0 Å². The molecule has 77 heavy (non-hydrogen) atoms. The van der Waals surface area contributed by atoms with Gasteiger partial charge in [0.1, 0.15) is 0 Å². The molecule has 0 heterocycles. The predicted octanol–water partition coefficient (Wildman–Crippen LogP) is 21.7. The molecular weight excluding hydrogens is 947 g/mol. The Bertz CT molecular complexity index is 1470. The molecule has 6 nitrogen and oxygen atoms in total. The topological polar surface area (TPSA) is 73.9 Å². The molecule has 0 fully saturated rings. The van der Waals surface area contributed by atoms with Crippen molar-refractivity contribution in [2.75, 3.05) is 19.8 Å². The van der Waals surface area contributed by atoms with Gasteiger partial charge in [-0.3, -0.25) is 9.59 Å². The van der Waals surface area contributed by atoms with Gasteiger partial charge in [0, 0.05) is 19.4 Å². The first-order valence-corrected chi connectivity index (χ1v) is 33.4. The molecule has 0 bridgehead atoms. The number of carbonyl (C=O) groups excluding carboxylic acids is 2. The highest BCUT2D eigenvalue weighted by Crippen LogP contribution is 2.40.